The first-order valence-corrected chi connectivity index (χ1v) is 12.3. The van der Waals surface area contributed by atoms with Crippen molar-refractivity contribution in [2.75, 3.05) is 25.5 Å². The van der Waals surface area contributed by atoms with Crippen molar-refractivity contribution in [3.05, 3.63) is 78.1 Å². The Bertz CT molecular complexity index is 1290. The van der Waals surface area contributed by atoms with Gasteiger partial charge in [-0.15, -0.1) is 0 Å². The highest BCUT2D eigenvalue weighted by atomic mass is 32.2. The van der Waals surface area contributed by atoms with Crippen LogP contribution in [0.15, 0.2) is 71.6 Å². The third-order valence-corrected chi connectivity index (χ3v) is 7.42. The van der Waals surface area contributed by atoms with Gasteiger partial charge in [-0.3, -0.25) is 4.79 Å². The van der Waals surface area contributed by atoms with Crippen molar-refractivity contribution in [1.82, 2.24) is 4.31 Å². The van der Waals surface area contributed by atoms with Gasteiger partial charge in [-0.2, -0.15) is 4.31 Å². The molecule has 1 amide bonds. The molecule has 9 heteroatoms. The summed E-state index contributed by atoms with van der Waals surface area (Å²) in [5.41, 5.74) is 0.228. The second-order valence-corrected chi connectivity index (χ2v) is 9.78. The maximum absolute atomic E-state index is 13.6. The Kier molecular flexibility index (Phi) is 7.14. The number of anilines is 1. The monoisotopic (exact) mass is 484 g/mol. The quantitative estimate of drug-likeness (QED) is 0.507. The van der Waals surface area contributed by atoms with Crippen molar-refractivity contribution in [2.45, 2.75) is 24.2 Å². The average molecular weight is 485 g/mol. The highest BCUT2D eigenvalue weighted by molar-refractivity contribution is 7.89. The van der Waals surface area contributed by atoms with Crippen LogP contribution in [0.1, 0.15) is 29.6 Å². The van der Waals surface area contributed by atoms with Gasteiger partial charge in [-0.05, 0) is 61.4 Å². The summed E-state index contributed by atoms with van der Waals surface area (Å²) in [4.78, 5) is 12.9. The average Bonchev–Trinajstić information content (AvgIpc) is 2.85. The molecular weight excluding hydrogens is 459 g/mol. The zero-order chi connectivity index (χ0) is 24.1. The molecule has 7 nitrogen and oxygen atoms in total. The van der Waals surface area contributed by atoms with Crippen molar-refractivity contribution in [3.63, 3.8) is 0 Å². The molecule has 1 N–H and O–H groups in total. The number of nitrogens with one attached hydrogen (secondary N) is 1. The van der Waals surface area contributed by atoms with Crippen LogP contribution in [0.3, 0.4) is 0 Å². The molecule has 1 fully saturated rings. The number of ether oxygens (including phenoxy) is 2. The van der Waals surface area contributed by atoms with E-state index in [2.05, 4.69) is 5.32 Å². The van der Waals surface area contributed by atoms with Crippen LogP contribution in [0.4, 0.5) is 10.1 Å². The molecule has 1 aliphatic heterocycles. The fourth-order valence-corrected chi connectivity index (χ4v) is 5.30. The minimum atomic E-state index is -3.75. The molecule has 1 aliphatic rings. The third-order valence-electron chi connectivity index (χ3n) is 5.53. The Balaban J connectivity index is 1.72. The van der Waals surface area contributed by atoms with Crippen LogP contribution < -0.4 is 14.8 Å². The summed E-state index contributed by atoms with van der Waals surface area (Å²) in [6, 6.07) is 16.5. The lowest BCUT2D eigenvalue weighted by molar-refractivity contribution is 0.102. The Hall–Kier alpha value is -3.43. The number of amides is 1. The molecule has 0 aliphatic carbocycles. The molecule has 178 valence electrons. The SMILES string of the molecule is COc1ccccc1Oc1ccc(S(=O)(=O)N2CCCCC2)cc1NC(=O)c1cccc(F)c1. The minimum Gasteiger partial charge on any atom is -0.493 e. The van der Waals surface area contributed by atoms with Crippen molar-refractivity contribution in [1.29, 1.82) is 0 Å². The number of piperidine rings is 1. The topological polar surface area (TPSA) is 84.9 Å². The number of rotatable bonds is 7. The molecule has 0 spiro atoms. The number of halogens is 1. The molecule has 0 radical (unpaired) electrons. The Morgan fingerprint density at radius 2 is 1.65 bits per heavy atom. The van der Waals surface area contributed by atoms with Gasteiger partial charge < -0.3 is 14.8 Å². The zero-order valence-electron chi connectivity index (χ0n) is 18.7. The number of nitrogens with zero attached hydrogens (tertiary/aromatic N) is 1. The maximum Gasteiger partial charge on any atom is 0.255 e. The van der Waals surface area contributed by atoms with E-state index in [1.165, 1.54) is 47.8 Å². The number of carbonyl (C=O) groups excluding carboxylic acids is 1. The first-order chi connectivity index (χ1) is 16.4. The standard InChI is InChI=1S/C25H25FN2O5S/c1-32-23-10-3-4-11-24(23)33-22-13-12-20(34(30,31)28-14-5-2-6-15-28)17-21(22)27-25(29)18-8-7-9-19(26)16-18/h3-4,7-13,16-17H,2,5-6,14-15H2,1H3,(H,27,29). The molecule has 0 unspecified atom stereocenters. The fourth-order valence-electron chi connectivity index (χ4n) is 3.76. The summed E-state index contributed by atoms with van der Waals surface area (Å²) in [5, 5.41) is 2.67. The van der Waals surface area contributed by atoms with Crippen molar-refractivity contribution < 1.29 is 27.1 Å². The van der Waals surface area contributed by atoms with Crippen molar-refractivity contribution >= 4 is 21.6 Å². The van der Waals surface area contributed by atoms with Crippen LogP contribution in [0.2, 0.25) is 0 Å². The van der Waals surface area contributed by atoms with Gasteiger partial charge in [-0.25, -0.2) is 12.8 Å². The summed E-state index contributed by atoms with van der Waals surface area (Å²) >= 11 is 0. The summed E-state index contributed by atoms with van der Waals surface area (Å²) in [5.74, 6) is -0.0869. The van der Waals surface area contributed by atoms with E-state index in [9.17, 15) is 17.6 Å². The highest BCUT2D eigenvalue weighted by Gasteiger charge is 2.27. The predicted octanol–water partition coefficient (Wildman–Crippen LogP) is 5.05. The first-order valence-electron chi connectivity index (χ1n) is 10.9. The summed E-state index contributed by atoms with van der Waals surface area (Å²) in [6.07, 6.45) is 2.60. The van der Waals surface area contributed by atoms with Gasteiger partial charge in [-0.1, -0.05) is 24.6 Å². The van der Waals surface area contributed by atoms with Crippen LogP contribution in [-0.4, -0.2) is 38.8 Å². The normalized spacial score (nSPS) is 14.4. The van der Waals surface area contributed by atoms with Gasteiger partial charge in [0.1, 0.15) is 5.82 Å². The van der Waals surface area contributed by atoms with Crippen LogP contribution in [0, 0.1) is 5.82 Å². The molecule has 0 aromatic heterocycles. The molecule has 3 aromatic rings. The van der Waals surface area contributed by atoms with Gasteiger partial charge in [0.2, 0.25) is 10.0 Å². The van der Waals surface area contributed by atoms with E-state index < -0.39 is 21.7 Å². The number of methoxy groups -OCH3 is 1. The molecule has 0 bridgehead atoms. The minimum absolute atomic E-state index is 0.0383. The van der Waals surface area contributed by atoms with Crippen LogP contribution >= 0.6 is 0 Å². The summed E-state index contributed by atoms with van der Waals surface area (Å²) in [6.45, 7) is 0.902. The lowest BCUT2D eigenvalue weighted by atomic mass is 10.2. The molecule has 1 heterocycles. The Labute approximate surface area is 198 Å². The molecule has 0 atom stereocenters. The van der Waals surface area contributed by atoms with E-state index in [1.54, 1.807) is 24.3 Å². The van der Waals surface area contributed by atoms with E-state index in [-0.39, 0.29) is 21.9 Å². The van der Waals surface area contributed by atoms with E-state index in [1.807, 2.05) is 0 Å². The number of hydrogen-bond acceptors (Lipinski definition) is 5. The number of para-hydroxylation sites is 2. The lowest BCUT2D eigenvalue weighted by Crippen LogP contribution is -2.35. The number of sulfonamides is 1. The largest absolute Gasteiger partial charge is 0.493 e. The maximum atomic E-state index is 13.6. The number of hydrogen-bond donors (Lipinski definition) is 1. The predicted molar refractivity (Wildman–Crippen MR) is 126 cm³/mol. The first kappa shape index (κ1) is 23.7. The number of benzene rings is 3. The van der Waals surface area contributed by atoms with Gasteiger partial charge in [0.05, 0.1) is 17.7 Å². The van der Waals surface area contributed by atoms with E-state index in [0.29, 0.717) is 24.6 Å². The van der Waals surface area contributed by atoms with E-state index in [4.69, 9.17) is 9.47 Å². The Morgan fingerprint density at radius 1 is 0.912 bits per heavy atom. The van der Waals surface area contributed by atoms with Crippen LogP contribution in [0.5, 0.6) is 17.2 Å². The zero-order valence-corrected chi connectivity index (χ0v) is 19.5. The smallest absolute Gasteiger partial charge is 0.255 e. The fraction of sp³-hybridized carbons (Fsp3) is 0.240. The van der Waals surface area contributed by atoms with Gasteiger partial charge >= 0.3 is 0 Å². The molecule has 1 saturated heterocycles. The molecule has 34 heavy (non-hydrogen) atoms. The molecule has 4 rings (SSSR count). The number of carbonyl (C=O) groups is 1. The molecular formula is C25H25FN2O5S. The van der Waals surface area contributed by atoms with Crippen LogP contribution in [-0.2, 0) is 10.0 Å². The Morgan fingerprint density at radius 3 is 2.35 bits per heavy atom. The second kappa shape index (κ2) is 10.2. The molecule has 0 saturated carbocycles. The molecule has 3 aromatic carbocycles. The van der Waals surface area contributed by atoms with E-state index in [0.717, 1.165) is 25.3 Å². The third kappa shape index (κ3) is 5.21. The van der Waals surface area contributed by atoms with E-state index >= 15 is 0 Å². The van der Waals surface area contributed by atoms with Gasteiger partial charge in [0.25, 0.3) is 5.91 Å². The highest BCUT2D eigenvalue weighted by Crippen LogP contribution is 2.37. The summed E-state index contributed by atoms with van der Waals surface area (Å²) < 4.78 is 52.8. The van der Waals surface area contributed by atoms with Gasteiger partial charge in [0, 0.05) is 18.7 Å². The second-order valence-electron chi connectivity index (χ2n) is 7.84. The summed E-state index contributed by atoms with van der Waals surface area (Å²) in [7, 11) is -2.25. The lowest BCUT2D eigenvalue weighted by Gasteiger charge is -2.26. The van der Waals surface area contributed by atoms with Gasteiger partial charge in [0.15, 0.2) is 17.2 Å². The van der Waals surface area contributed by atoms with Crippen LogP contribution in [0.25, 0.3) is 0 Å². The van der Waals surface area contributed by atoms with Crippen molar-refractivity contribution in [2.24, 2.45) is 0 Å². The van der Waals surface area contributed by atoms with Crippen molar-refractivity contribution in [3.8, 4) is 17.2 Å².